The van der Waals surface area contributed by atoms with Crippen molar-refractivity contribution in [1.29, 1.82) is 0 Å². The Balaban J connectivity index is 1.45. The van der Waals surface area contributed by atoms with E-state index < -0.39 is 22.6 Å². The van der Waals surface area contributed by atoms with E-state index in [0.717, 1.165) is 0 Å². The van der Waals surface area contributed by atoms with Crippen LogP contribution in [0.15, 0.2) is 88.4 Å². The van der Waals surface area contributed by atoms with Gasteiger partial charge in [-0.1, -0.05) is 24.3 Å². The quantitative estimate of drug-likeness (QED) is 0.208. The van der Waals surface area contributed by atoms with Crippen molar-refractivity contribution >= 4 is 29.4 Å². The Hall–Kier alpha value is -5.12. The molecule has 0 radical (unpaired) electrons. The summed E-state index contributed by atoms with van der Waals surface area (Å²) < 4.78 is 18.8. The number of nitrogens with one attached hydrogen (secondary N) is 2. The van der Waals surface area contributed by atoms with Gasteiger partial charge in [0.1, 0.15) is 17.3 Å². The molecular formula is C26H19FN4O5. The number of hydrogen-bond acceptors (Lipinski definition) is 6. The SMILES string of the molecule is Cc1c(-c2ccc(C=NNC(=O)c3ccccc3NC(=O)c3ccc(F)cc3)o2)cccc1[N+](=O)[O-]. The number of nitrogens with zero attached hydrogens (tertiary/aromatic N) is 2. The topological polar surface area (TPSA) is 127 Å². The molecular weight excluding hydrogens is 467 g/mol. The molecule has 10 heteroatoms. The highest BCUT2D eigenvalue weighted by molar-refractivity contribution is 6.09. The Morgan fingerprint density at radius 2 is 1.72 bits per heavy atom. The maximum Gasteiger partial charge on any atom is 0.273 e. The number of nitro benzene ring substituents is 1. The normalized spacial score (nSPS) is 10.8. The van der Waals surface area contributed by atoms with Crippen LogP contribution in [0.1, 0.15) is 32.0 Å². The summed E-state index contributed by atoms with van der Waals surface area (Å²) in [5, 5.41) is 17.7. The zero-order chi connectivity index (χ0) is 25.7. The molecule has 0 spiro atoms. The Kier molecular flexibility index (Phi) is 6.96. The molecule has 3 aromatic carbocycles. The number of rotatable bonds is 7. The maximum absolute atomic E-state index is 13.1. The molecule has 1 aromatic heterocycles. The average molecular weight is 486 g/mol. The number of carbonyl (C=O) groups excluding carboxylic acids is 2. The highest BCUT2D eigenvalue weighted by atomic mass is 19.1. The van der Waals surface area contributed by atoms with Gasteiger partial charge in [-0.3, -0.25) is 19.7 Å². The van der Waals surface area contributed by atoms with Gasteiger partial charge in [0.15, 0.2) is 0 Å². The first-order valence-corrected chi connectivity index (χ1v) is 10.7. The van der Waals surface area contributed by atoms with E-state index in [2.05, 4.69) is 15.8 Å². The lowest BCUT2D eigenvalue weighted by Crippen LogP contribution is -2.21. The Morgan fingerprint density at radius 3 is 2.47 bits per heavy atom. The van der Waals surface area contributed by atoms with Crippen LogP contribution in [-0.2, 0) is 0 Å². The summed E-state index contributed by atoms with van der Waals surface area (Å²) in [4.78, 5) is 35.8. The van der Waals surface area contributed by atoms with Crippen molar-refractivity contribution in [3.05, 3.63) is 117 Å². The second-order valence-corrected chi connectivity index (χ2v) is 7.61. The minimum atomic E-state index is -0.581. The van der Waals surface area contributed by atoms with Crippen LogP contribution in [0.2, 0.25) is 0 Å². The molecule has 0 saturated carbocycles. The zero-order valence-corrected chi connectivity index (χ0v) is 18.9. The summed E-state index contributed by atoms with van der Waals surface area (Å²) in [6, 6.07) is 19.3. The molecule has 9 nitrogen and oxygen atoms in total. The van der Waals surface area contributed by atoms with Crippen LogP contribution >= 0.6 is 0 Å². The third kappa shape index (κ3) is 5.33. The lowest BCUT2D eigenvalue weighted by atomic mass is 10.1. The standard InChI is InChI=1S/C26H19FN4O5/c1-16-20(6-4-8-23(16)31(34)35)24-14-13-19(36-24)15-28-30-26(33)21-5-2-3-7-22(21)29-25(32)17-9-11-18(27)12-10-17/h2-15H,1H3,(H,29,32)(H,30,33). The molecule has 4 aromatic rings. The van der Waals surface area contributed by atoms with Crippen molar-refractivity contribution in [1.82, 2.24) is 5.43 Å². The minimum absolute atomic E-state index is 0.0171. The third-order valence-corrected chi connectivity index (χ3v) is 5.28. The van der Waals surface area contributed by atoms with E-state index in [1.54, 1.807) is 49.4 Å². The van der Waals surface area contributed by atoms with Gasteiger partial charge < -0.3 is 9.73 Å². The van der Waals surface area contributed by atoms with Crippen molar-refractivity contribution in [2.45, 2.75) is 6.92 Å². The smallest absolute Gasteiger partial charge is 0.273 e. The largest absolute Gasteiger partial charge is 0.455 e. The number of hydrazone groups is 1. The molecule has 0 saturated heterocycles. The predicted molar refractivity (Wildman–Crippen MR) is 131 cm³/mol. The average Bonchev–Trinajstić information content (AvgIpc) is 3.33. The van der Waals surface area contributed by atoms with Crippen LogP contribution in [0.4, 0.5) is 15.8 Å². The Bertz CT molecular complexity index is 1480. The van der Waals surface area contributed by atoms with Gasteiger partial charge in [0, 0.05) is 22.8 Å². The van der Waals surface area contributed by atoms with E-state index in [1.807, 2.05) is 0 Å². The van der Waals surface area contributed by atoms with Crippen molar-refractivity contribution in [2.24, 2.45) is 5.10 Å². The predicted octanol–water partition coefficient (Wildman–Crippen LogP) is 5.32. The molecule has 1 heterocycles. The number of halogens is 1. The molecule has 0 aliphatic carbocycles. The van der Waals surface area contributed by atoms with Crippen molar-refractivity contribution in [3.8, 4) is 11.3 Å². The van der Waals surface area contributed by atoms with Gasteiger partial charge in [0.05, 0.1) is 22.4 Å². The molecule has 4 rings (SSSR count). The molecule has 0 bridgehead atoms. The fraction of sp³-hybridized carbons (Fsp3) is 0.0385. The van der Waals surface area contributed by atoms with E-state index in [0.29, 0.717) is 22.6 Å². The fourth-order valence-electron chi connectivity index (χ4n) is 3.46. The summed E-state index contributed by atoms with van der Waals surface area (Å²) in [7, 11) is 0. The number of amides is 2. The first kappa shape index (κ1) is 24.0. The molecule has 0 unspecified atom stereocenters. The van der Waals surface area contributed by atoms with Gasteiger partial charge in [-0.05, 0) is 55.5 Å². The van der Waals surface area contributed by atoms with E-state index in [-0.39, 0.29) is 22.5 Å². The zero-order valence-electron chi connectivity index (χ0n) is 18.9. The Labute approximate surface area is 204 Å². The summed E-state index contributed by atoms with van der Waals surface area (Å²) in [6.45, 7) is 1.64. The van der Waals surface area contributed by atoms with E-state index in [9.17, 15) is 24.1 Å². The summed E-state index contributed by atoms with van der Waals surface area (Å²) >= 11 is 0. The molecule has 2 N–H and O–H groups in total. The highest BCUT2D eigenvalue weighted by Crippen LogP contribution is 2.30. The van der Waals surface area contributed by atoms with Crippen molar-refractivity contribution in [2.75, 3.05) is 5.32 Å². The van der Waals surface area contributed by atoms with Gasteiger partial charge in [0.25, 0.3) is 17.5 Å². The van der Waals surface area contributed by atoms with E-state index >= 15 is 0 Å². The van der Waals surface area contributed by atoms with E-state index in [1.165, 1.54) is 42.6 Å². The summed E-state index contributed by atoms with van der Waals surface area (Å²) in [6.07, 6.45) is 1.29. The molecule has 0 fully saturated rings. The summed E-state index contributed by atoms with van der Waals surface area (Å²) in [5.41, 5.74) is 4.04. The van der Waals surface area contributed by atoms with Crippen LogP contribution in [0.3, 0.4) is 0 Å². The van der Waals surface area contributed by atoms with Crippen LogP contribution < -0.4 is 10.7 Å². The van der Waals surface area contributed by atoms with Gasteiger partial charge in [0.2, 0.25) is 0 Å². The number of anilines is 1. The number of hydrogen-bond donors (Lipinski definition) is 2. The third-order valence-electron chi connectivity index (χ3n) is 5.28. The molecule has 0 aliphatic heterocycles. The first-order valence-electron chi connectivity index (χ1n) is 10.7. The molecule has 0 aliphatic rings. The number of benzene rings is 3. The maximum atomic E-state index is 13.1. The van der Waals surface area contributed by atoms with Crippen molar-refractivity contribution < 1.29 is 23.3 Å². The number of para-hydroxylation sites is 1. The molecule has 0 atom stereocenters. The van der Waals surface area contributed by atoms with Crippen LogP contribution in [0, 0.1) is 22.9 Å². The lowest BCUT2D eigenvalue weighted by molar-refractivity contribution is -0.385. The van der Waals surface area contributed by atoms with Gasteiger partial charge in [-0.25, -0.2) is 9.82 Å². The van der Waals surface area contributed by atoms with Crippen molar-refractivity contribution in [3.63, 3.8) is 0 Å². The van der Waals surface area contributed by atoms with Gasteiger partial charge >= 0.3 is 0 Å². The van der Waals surface area contributed by atoms with Gasteiger partial charge in [-0.15, -0.1) is 0 Å². The monoisotopic (exact) mass is 486 g/mol. The second-order valence-electron chi connectivity index (χ2n) is 7.61. The molecule has 180 valence electrons. The minimum Gasteiger partial charge on any atom is -0.455 e. The lowest BCUT2D eigenvalue weighted by Gasteiger charge is -2.10. The summed E-state index contributed by atoms with van der Waals surface area (Å²) in [5.74, 6) is -0.819. The molecule has 36 heavy (non-hydrogen) atoms. The highest BCUT2D eigenvalue weighted by Gasteiger charge is 2.17. The number of furan rings is 1. The first-order chi connectivity index (χ1) is 17.3. The van der Waals surface area contributed by atoms with E-state index in [4.69, 9.17) is 4.42 Å². The molecule has 2 amide bonds. The Morgan fingerprint density at radius 1 is 0.972 bits per heavy atom. The number of carbonyl (C=O) groups is 2. The fourth-order valence-corrected chi connectivity index (χ4v) is 3.46. The van der Waals surface area contributed by atoms with Crippen LogP contribution in [-0.4, -0.2) is 23.0 Å². The van der Waals surface area contributed by atoms with Crippen LogP contribution in [0.5, 0.6) is 0 Å². The van der Waals surface area contributed by atoms with Crippen LogP contribution in [0.25, 0.3) is 11.3 Å². The second kappa shape index (κ2) is 10.4. The van der Waals surface area contributed by atoms with Gasteiger partial charge in [-0.2, -0.15) is 5.10 Å². The number of nitro groups is 1.